The molecule has 1 aromatic rings. The zero-order valence-corrected chi connectivity index (χ0v) is 39.4. The summed E-state index contributed by atoms with van der Waals surface area (Å²) in [6.45, 7) is 8.16. The van der Waals surface area contributed by atoms with Crippen molar-refractivity contribution in [1.82, 2.24) is 0 Å². The molecular formula is C55H106N+. The second-order valence-electron chi connectivity index (χ2n) is 18.7. The number of aromatic nitrogens is 1. The van der Waals surface area contributed by atoms with E-state index in [9.17, 15) is 0 Å². The SMILES string of the molecule is CCCCCCCCCCCCCCCCCCCc1cc[n+](CCCCCCCCCCCC)cc1CCCCCCCCCCCCCCCCCCC. The van der Waals surface area contributed by atoms with E-state index in [-0.39, 0.29) is 0 Å². The predicted molar refractivity (Wildman–Crippen MR) is 254 cm³/mol. The molecule has 0 amide bonds. The van der Waals surface area contributed by atoms with Gasteiger partial charge in [-0.15, -0.1) is 0 Å². The van der Waals surface area contributed by atoms with Gasteiger partial charge in [0.25, 0.3) is 0 Å². The highest BCUT2D eigenvalue weighted by Gasteiger charge is 2.10. The van der Waals surface area contributed by atoms with Crippen molar-refractivity contribution in [1.29, 1.82) is 0 Å². The average molecular weight is 781 g/mol. The smallest absolute Gasteiger partial charge is 0.172 e. The summed E-state index contributed by atoms with van der Waals surface area (Å²) in [6, 6.07) is 2.52. The normalized spacial score (nSPS) is 11.6. The molecule has 0 aliphatic carbocycles. The molecule has 1 heteroatoms. The van der Waals surface area contributed by atoms with Crippen LogP contribution >= 0.6 is 0 Å². The van der Waals surface area contributed by atoms with E-state index in [0.29, 0.717) is 0 Å². The van der Waals surface area contributed by atoms with Crippen LogP contribution in [0.4, 0.5) is 0 Å². The topological polar surface area (TPSA) is 3.88 Å². The minimum Gasteiger partial charge on any atom is -0.205 e. The summed E-state index contributed by atoms with van der Waals surface area (Å²) in [5.74, 6) is 0. The molecule has 1 aromatic heterocycles. The fraction of sp³-hybridized carbons (Fsp3) is 0.909. The Hall–Kier alpha value is -0.850. The number of rotatable bonds is 47. The molecule has 0 spiro atoms. The van der Waals surface area contributed by atoms with Crippen molar-refractivity contribution < 1.29 is 4.57 Å². The first-order valence-electron chi connectivity index (χ1n) is 26.8. The zero-order valence-electron chi connectivity index (χ0n) is 39.4. The molecule has 330 valence electrons. The average Bonchev–Trinajstić information content (AvgIpc) is 3.21. The minimum absolute atomic E-state index is 1.21. The van der Waals surface area contributed by atoms with E-state index in [4.69, 9.17) is 0 Å². The van der Waals surface area contributed by atoms with Gasteiger partial charge in [0.15, 0.2) is 12.4 Å². The largest absolute Gasteiger partial charge is 0.205 e. The Morgan fingerprint density at radius 1 is 0.268 bits per heavy atom. The molecule has 0 saturated carbocycles. The second-order valence-corrected chi connectivity index (χ2v) is 18.7. The lowest BCUT2D eigenvalue weighted by Crippen LogP contribution is -2.34. The Bertz CT molecular complexity index is 874. The summed E-state index contributed by atoms with van der Waals surface area (Å²) in [5.41, 5.74) is 3.35. The van der Waals surface area contributed by atoms with Crippen molar-refractivity contribution in [3.8, 4) is 0 Å². The second kappa shape index (κ2) is 45.2. The Morgan fingerprint density at radius 2 is 0.500 bits per heavy atom. The fourth-order valence-corrected chi connectivity index (χ4v) is 9.09. The van der Waals surface area contributed by atoms with Gasteiger partial charge in [0.1, 0.15) is 6.54 Å². The quantitative estimate of drug-likeness (QED) is 0.0458. The van der Waals surface area contributed by atoms with Crippen molar-refractivity contribution in [2.45, 2.75) is 323 Å². The van der Waals surface area contributed by atoms with Gasteiger partial charge in [-0.25, -0.2) is 4.57 Å². The molecule has 0 unspecified atom stereocenters. The number of pyridine rings is 1. The third-order valence-electron chi connectivity index (χ3n) is 13.1. The first-order chi connectivity index (χ1) is 27.8. The molecule has 1 rings (SSSR count). The number of hydrogen-bond acceptors (Lipinski definition) is 0. The van der Waals surface area contributed by atoms with E-state index in [1.807, 2.05) is 0 Å². The van der Waals surface area contributed by atoms with Gasteiger partial charge >= 0.3 is 0 Å². The van der Waals surface area contributed by atoms with E-state index in [0.717, 1.165) is 0 Å². The van der Waals surface area contributed by atoms with Crippen LogP contribution in [-0.4, -0.2) is 0 Å². The highest BCUT2D eigenvalue weighted by molar-refractivity contribution is 5.21. The molecule has 0 aromatic carbocycles. The lowest BCUT2D eigenvalue weighted by atomic mass is 9.97. The van der Waals surface area contributed by atoms with Gasteiger partial charge in [-0.05, 0) is 37.7 Å². The minimum atomic E-state index is 1.21. The van der Waals surface area contributed by atoms with Gasteiger partial charge in [0, 0.05) is 18.1 Å². The Kier molecular flexibility index (Phi) is 43.0. The maximum Gasteiger partial charge on any atom is 0.172 e. The maximum atomic E-state index is 2.57. The number of nitrogens with zero attached hydrogens (tertiary/aromatic N) is 1. The molecule has 1 heterocycles. The third kappa shape index (κ3) is 37.4. The van der Waals surface area contributed by atoms with E-state index >= 15 is 0 Å². The van der Waals surface area contributed by atoms with E-state index in [2.05, 4.69) is 43.8 Å². The molecule has 0 aliphatic rings. The van der Waals surface area contributed by atoms with Gasteiger partial charge in [-0.2, -0.15) is 0 Å². The molecule has 0 aliphatic heterocycles. The molecule has 0 bridgehead atoms. The van der Waals surface area contributed by atoms with Gasteiger partial charge in [-0.3, -0.25) is 0 Å². The highest BCUT2D eigenvalue weighted by Crippen LogP contribution is 2.19. The highest BCUT2D eigenvalue weighted by atomic mass is 14.9. The van der Waals surface area contributed by atoms with Crippen LogP contribution in [0.5, 0.6) is 0 Å². The van der Waals surface area contributed by atoms with Crippen LogP contribution in [0.3, 0.4) is 0 Å². The Balaban J connectivity index is 2.24. The summed E-state index contributed by atoms with van der Waals surface area (Å²) < 4.78 is 2.55. The van der Waals surface area contributed by atoms with Crippen molar-refractivity contribution >= 4 is 0 Å². The first kappa shape index (κ1) is 53.2. The number of aryl methyl sites for hydroxylation is 3. The molecule has 1 nitrogen and oxygen atoms in total. The Morgan fingerprint density at radius 3 is 0.786 bits per heavy atom. The van der Waals surface area contributed by atoms with Gasteiger partial charge in [0.05, 0.1) is 0 Å². The summed E-state index contributed by atoms with van der Waals surface area (Å²) in [7, 11) is 0. The standard InChI is InChI=1S/C55H106N/c1-4-7-10-13-16-19-22-24-26-28-30-32-34-36-39-42-45-48-54-50-52-56(51-47-44-41-38-21-18-15-12-9-6-3)53-55(54)49-46-43-40-37-35-33-31-29-27-25-23-20-17-14-11-8-5-2/h50,52-53H,4-49,51H2,1-3H3/q+1. The molecule has 56 heavy (non-hydrogen) atoms. The lowest BCUT2D eigenvalue weighted by Gasteiger charge is -2.10. The molecule has 0 radical (unpaired) electrons. The van der Waals surface area contributed by atoms with E-state index in [1.165, 1.54) is 302 Å². The van der Waals surface area contributed by atoms with Crippen LogP contribution < -0.4 is 4.57 Å². The van der Waals surface area contributed by atoms with Crippen LogP contribution in [0.15, 0.2) is 18.5 Å². The van der Waals surface area contributed by atoms with E-state index < -0.39 is 0 Å². The van der Waals surface area contributed by atoms with Crippen molar-refractivity contribution in [3.05, 3.63) is 29.6 Å². The predicted octanol–water partition coefficient (Wildman–Crippen LogP) is 19.3. The molecule has 0 fully saturated rings. The summed E-state index contributed by atoms with van der Waals surface area (Å²) in [6.07, 6.45) is 71.3. The monoisotopic (exact) mass is 781 g/mol. The molecular weight excluding hydrogens is 675 g/mol. The van der Waals surface area contributed by atoms with Crippen molar-refractivity contribution in [3.63, 3.8) is 0 Å². The first-order valence-corrected chi connectivity index (χ1v) is 26.8. The number of unbranched alkanes of at least 4 members (excludes halogenated alkanes) is 41. The maximum absolute atomic E-state index is 2.57. The van der Waals surface area contributed by atoms with Crippen LogP contribution in [0.25, 0.3) is 0 Å². The summed E-state index contributed by atoms with van der Waals surface area (Å²) in [5, 5.41) is 0. The van der Waals surface area contributed by atoms with Gasteiger partial charge < -0.3 is 0 Å². The number of hydrogen-bond donors (Lipinski definition) is 0. The van der Waals surface area contributed by atoms with Crippen LogP contribution in [0.1, 0.15) is 314 Å². The fourth-order valence-electron chi connectivity index (χ4n) is 9.09. The lowest BCUT2D eigenvalue weighted by molar-refractivity contribution is -0.697. The summed E-state index contributed by atoms with van der Waals surface area (Å²) >= 11 is 0. The van der Waals surface area contributed by atoms with Crippen LogP contribution in [0.2, 0.25) is 0 Å². The summed E-state index contributed by atoms with van der Waals surface area (Å²) in [4.78, 5) is 0. The van der Waals surface area contributed by atoms with Crippen LogP contribution in [0, 0.1) is 0 Å². The zero-order chi connectivity index (χ0) is 40.1. The van der Waals surface area contributed by atoms with Crippen molar-refractivity contribution in [2.75, 3.05) is 0 Å². The Labute approximate surface area is 355 Å². The van der Waals surface area contributed by atoms with Crippen molar-refractivity contribution in [2.24, 2.45) is 0 Å². The van der Waals surface area contributed by atoms with Gasteiger partial charge in [-0.1, -0.05) is 278 Å². The molecule has 0 atom stereocenters. The van der Waals surface area contributed by atoms with Crippen LogP contribution in [-0.2, 0) is 19.4 Å². The molecule has 0 N–H and O–H groups in total. The van der Waals surface area contributed by atoms with E-state index in [1.54, 1.807) is 11.1 Å². The third-order valence-corrected chi connectivity index (χ3v) is 13.1. The van der Waals surface area contributed by atoms with Gasteiger partial charge in [0.2, 0.25) is 0 Å². The molecule has 0 saturated heterocycles.